The van der Waals surface area contributed by atoms with Gasteiger partial charge in [0.1, 0.15) is 5.75 Å². The van der Waals surface area contributed by atoms with E-state index in [0.717, 1.165) is 17.7 Å². The van der Waals surface area contributed by atoms with Crippen molar-refractivity contribution in [2.75, 3.05) is 13.2 Å². The first-order chi connectivity index (χ1) is 8.81. The van der Waals surface area contributed by atoms with E-state index >= 15 is 0 Å². The van der Waals surface area contributed by atoms with Gasteiger partial charge in [0.2, 0.25) is 0 Å². The molecule has 1 unspecified atom stereocenters. The molecule has 98 valence electrons. The van der Waals surface area contributed by atoms with Crippen LogP contribution >= 0.6 is 0 Å². The molecule has 1 rings (SSSR count). The molecule has 0 spiro atoms. The summed E-state index contributed by atoms with van der Waals surface area (Å²) in [6.07, 6.45) is 2.24. The van der Waals surface area contributed by atoms with Crippen LogP contribution in [0.5, 0.6) is 5.75 Å². The zero-order valence-electron chi connectivity index (χ0n) is 10.6. The highest BCUT2D eigenvalue weighted by atomic mass is 16.5. The Morgan fingerprint density at radius 3 is 2.67 bits per heavy atom. The number of azide groups is 1. The molecule has 1 aromatic rings. The van der Waals surface area contributed by atoms with E-state index in [1.165, 1.54) is 0 Å². The van der Waals surface area contributed by atoms with E-state index in [1.807, 2.05) is 24.3 Å². The Morgan fingerprint density at radius 2 is 2.11 bits per heavy atom. The van der Waals surface area contributed by atoms with Crippen molar-refractivity contribution in [2.24, 2.45) is 5.11 Å². The van der Waals surface area contributed by atoms with Gasteiger partial charge in [-0.1, -0.05) is 24.2 Å². The van der Waals surface area contributed by atoms with Gasteiger partial charge in [-0.2, -0.15) is 0 Å². The van der Waals surface area contributed by atoms with Gasteiger partial charge in [0, 0.05) is 11.5 Å². The number of hydrogen-bond acceptors (Lipinski definition) is 3. The van der Waals surface area contributed by atoms with Crippen LogP contribution in [0.3, 0.4) is 0 Å². The number of rotatable bonds is 8. The van der Waals surface area contributed by atoms with Crippen LogP contribution in [0.4, 0.5) is 0 Å². The molecule has 0 amide bonds. The van der Waals surface area contributed by atoms with Crippen LogP contribution in [-0.4, -0.2) is 18.3 Å². The van der Waals surface area contributed by atoms with E-state index in [-0.39, 0.29) is 12.6 Å². The molecule has 0 fully saturated rings. The maximum atomic E-state index is 8.82. The van der Waals surface area contributed by atoms with Gasteiger partial charge < -0.3 is 9.84 Å². The average molecular weight is 249 g/mol. The number of hydrogen-bond donors (Lipinski definition) is 1. The Morgan fingerprint density at radius 1 is 1.39 bits per heavy atom. The molecule has 0 aromatic heterocycles. The third kappa shape index (κ3) is 4.65. The fraction of sp³-hybridized carbons (Fsp3) is 0.538. The molecule has 5 heteroatoms. The smallest absolute Gasteiger partial charge is 0.119 e. The van der Waals surface area contributed by atoms with Gasteiger partial charge in [0.25, 0.3) is 0 Å². The molecule has 0 aliphatic rings. The molecule has 18 heavy (non-hydrogen) atoms. The Labute approximate surface area is 107 Å². The first-order valence-electron chi connectivity index (χ1n) is 6.19. The van der Waals surface area contributed by atoms with E-state index < -0.39 is 0 Å². The second kappa shape index (κ2) is 8.39. The Bertz CT molecular complexity index is 386. The van der Waals surface area contributed by atoms with Crippen molar-refractivity contribution in [2.45, 2.75) is 32.2 Å². The van der Waals surface area contributed by atoms with Gasteiger partial charge in [-0.3, -0.25) is 0 Å². The number of nitrogens with zero attached hydrogens (tertiary/aromatic N) is 3. The molecule has 0 saturated carbocycles. The quantitative estimate of drug-likeness (QED) is 0.434. The van der Waals surface area contributed by atoms with Crippen LogP contribution in [0.25, 0.3) is 10.4 Å². The lowest BCUT2D eigenvalue weighted by Crippen LogP contribution is -1.98. The van der Waals surface area contributed by atoms with Crippen molar-refractivity contribution >= 4 is 0 Å². The molecule has 1 N–H and O–H groups in total. The zero-order chi connectivity index (χ0) is 13.2. The SMILES string of the molecule is CCCOc1ccc(C(CCCO)N=[N+]=[N-])cc1. The van der Waals surface area contributed by atoms with Crippen LogP contribution < -0.4 is 4.74 Å². The lowest BCUT2D eigenvalue weighted by atomic mass is 10.0. The van der Waals surface area contributed by atoms with E-state index in [4.69, 9.17) is 15.4 Å². The summed E-state index contributed by atoms with van der Waals surface area (Å²) in [7, 11) is 0. The van der Waals surface area contributed by atoms with Crippen molar-refractivity contribution in [3.05, 3.63) is 40.3 Å². The summed E-state index contributed by atoms with van der Waals surface area (Å²) >= 11 is 0. The maximum Gasteiger partial charge on any atom is 0.119 e. The molecule has 0 aliphatic carbocycles. The minimum Gasteiger partial charge on any atom is -0.494 e. The third-order valence-electron chi connectivity index (χ3n) is 2.56. The minimum atomic E-state index is -0.220. The molecular formula is C13H19N3O2. The second-order valence-electron chi connectivity index (χ2n) is 4.00. The Hall–Kier alpha value is -1.71. The van der Waals surface area contributed by atoms with Gasteiger partial charge in [-0.25, -0.2) is 0 Å². The summed E-state index contributed by atoms with van der Waals surface area (Å²) in [5, 5.41) is 12.6. The van der Waals surface area contributed by atoms with Crippen LogP contribution in [0.2, 0.25) is 0 Å². The summed E-state index contributed by atoms with van der Waals surface area (Å²) < 4.78 is 5.49. The van der Waals surface area contributed by atoms with Gasteiger partial charge >= 0.3 is 0 Å². The maximum absolute atomic E-state index is 8.82. The van der Waals surface area contributed by atoms with Crippen LogP contribution in [0, 0.1) is 0 Å². The molecule has 5 nitrogen and oxygen atoms in total. The molecule has 0 saturated heterocycles. The average Bonchev–Trinajstić information content (AvgIpc) is 2.42. The van der Waals surface area contributed by atoms with E-state index in [2.05, 4.69) is 16.9 Å². The van der Waals surface area contributed by atoms with Crippen LogP contribution in [0.15, 0.2) is 29.4 Å². The number of benzene rings is 1. The molecule has 0 heterocycles. The van der Waals surface area contributed by atoms with E-state index in [0.29, 0.717) is 19.4 Å². The van der Waals surface area contributed by atoms with Gasteiger partial charge in [-0.05, 0) is 42.5 Å². The van der Waals surface area contributed by atoms with Crippen molar-refractivity contribution in [3.8, 4) is 5.75 Å². The lowest BCUT2D eigenvalue weighted by molar-refractivity contribution is 0.280. The molecule has 1 aromatic carbocycles. The summed E-state index contributed by atoms with van der Waals surface area (Å²) in [6.45, 7) is 2.86. The highest BCUT2D eigenvalue weighted by Gasteiger charge is 2.09. The van der Waals surface area contributed by atoms with Crippen molar-refractivity contribution in [1.82, 2.24) is 0 Å². The zero-order valence-corrected chi connectivity index (χ0v) is 10.6. The summed E-state index contributed by atoms with van der Waals surface area (Å²) in [5.74, 6) is 0.822. The second-order valence-corrected chi connectivity index (χ2v) is 4.00. The highest BCUT2D eigenvalue weighted by molar-refractivity contribution is 5.29. The fourth-order valence-corrected chi connectivity index (χ4v) is 1.64. The van der Waals surface area contributed by atoms with Gasteiger partial charge in [-0.15, -0.1) is 0 Å². The number of ether oxygens (including phenoxy) is 1. The van der Waals surface area contributed by atoms with Crippen molar-refractivity contribution in [1.29, 1.82) is 0 Å². The fourth-order valence-electron chi connectivity index (χ4n) is 1.64. The predicted molar refractivity (Wildman–Crippen MR) is 70.4 cm³/mol. The normalized spacial score (nSPS) is 11.7. The van der Waals surface area contributed by atoms with Crippen molar-refractivity contribution in [3.63, 3.8) is 0 Å². The monoisotopic (exact) mass is 249 g/mol. The first-order valence-corrected chi connectivity index (χ1v) is 6.19. The highest BCUT2D eigenvalue weighted by Crippen LogP contribution is 2.25. The van der Waals surface area contributed by atoms with E-state index in [1.54, 1.807) is 0 Å². The lowest BCUT2D eigenvalue weighted by Gasteiger charge is -2.11. The molecule has 0 aliphatic heterocycles. The number of aliphatic hydroxyl groups excluding tert-OH is 1. The number of aliphatic hydroxyl groups is 1. The van der Waals surface area contributed by atoms with Gasteiger partial charge in [0.15, 0.2) is 0 Å². The molecular weight excluding hydrogens is 230 g/mol. The van der Waals surface area contributed by atoms with E-state index in [9.17, 15) is 0 Å². The Kier molecular flexibility index (Phi) is 6.69. The minimum absolute atomic E-state index is 0.106. The van der Waals surface area contributed by atoms with Crippen LogP contribution in [0.1, 0.15) is 37.8 Å². The molecule has 1 atom stereocenters. The summed E-state index contributed by atoms with van der Waals surface area (Å²) in [5.41, 5.74) is 9.49. The summed E-state index contributed by atoms with van der Waals surface area (Å²) in [6, 6.07) is 7.35. The summed E-state index contributed by atoms with van der Waals surface area (Å²) in [4.78, 5) is 2.85. The van der Waals surface area contributed by atoms with Gasteiger partial charge in [0.05, 0.1) is 12.6 Å². The predicted octanol–water partition coefficient (Wildman–Crippen LogP) is 3.60. The molecule has 0 bridgehead atoms. The van der Waals surface area contributed by atoms with Crippen molar-refractivity contribution < 1.29 is 9.84 Å². The third-order valence-corrected chi connectivity index (χ3v) is 2.56. The van der Waals surface area contributed by atoms with Crippen LogP contribution in [-0.2, 0) is 0 Å². The molecule has 0 radical (unpaired) electrons. The first kappa shape index (κ1) is 14.4. The topological polar surface area (TPSA) is 78.2 Å². The largest absolute Gasteiger partial charge is 0.494 e. The standard InChI is InChI=1S/C13H19N3O2/c1-2-10-18-12-7-5-11(6-8-12)13(15-16-14)4-3-9-17/h5-8,13,17H,2-4,9-10H2,1H3. The Balaban J connectivity index is 2.70.